The lowest BCUT2D eigenvalue weighted by atomic mass is 10.2. The van der Waals surface area contributed by atoms with E-state index in [9.17, 15) is 4.79 Å². The molecule has 0 spiro atoms. The summed E-state index contributed by atoms with van der Waals surface area (Å²) in [6, 6.07) is 14.8. The molecule has 168 valence electrons. The maximum Gasteiger partial charge on any atom is 0.232 e. The van der Waals surface area contributed by atoms with Crippen LogP contribution in [0, 0.1) is 0 Å². The normalized spacial score (nSPS) is 10.6. The van der Waals surface area contributed by atoms with Crippen LogP contribution in [-0.4, -0.2) is 42.7 Å². The van der Waals surface area contributed by atoms with E-state index in [-0.39, 0.29) is 11.9 Å². The van der Waals surface area contributed by atoms with Gasteiger partial charge in [0.1, 0.15) is 17.9 Å². The Balaban J connectivity index is 1.51. The van der Waals surface area contributed by atoms with E-state index < -0.39 is 0 Å². The van der Waals surface area contributed by atoms with Gasteiger partial charge in [0.05, 0.1) is 24.2 Å². The fourth-order valence-corrected chi connectivity index (χ4v) is 3.78. The molecule has 0 saturated heterocycles. The minimum absolute atomic E-state index is 0.0995. The number of ether oxygens (including phenoxy) is 1. The first-order chi connectivity index (χ1) is 16.0. The van der Waals surface area contributed by atoms with Crippen molar-refractivity contribution in [1.82, 2.24) is 29.7 Å². The monoisotopic (exact) mass is 463 g/mol. The summed E-state index contributed by atoms with van der Waals surface area (Å²) in [6.45, 7) is 1.46. The molecule has 4 rings (SSSR count). The number of thioether (sulfide) groups is 1. The summed E-state index contributed by atoms with van der Waals surface area (Å²) in [5.74, 6) is 1.79. The average molecular weight is 464 g/mol. The van der Waals surface area contributed by atoms with Gasteiger partial charge in [-0.1, -0.05) is 30.0 Å². The summed E-state index contributed by atoms with van der Waals surface area (Å²) in [5.41, 5.74) is 8.10. The topological polar surface area (TPSA) is 146 Å². The number of benzene rings is 2. The lowest BCUT2D eigenvalue weighted by Crippen LogP contribution is -2.07. The van der Waals surface area contributed by atoms with Crippen LogP contribution in [0.5, 0.6) is 5.75 Å². The molecule has 2 heterocycles. The largest absolute Gasteiger partial charge is 0.495 e. The number of anilines is 4. The van der Waals surface area contributed by atoms with Gasteiger partial charge in [0.25, 0.3) is 0 Å². The van der Waals surface area contributed by atoms with Crippen LogP contribution in [0.3, 0.4) is 0 Å². The zero-order valence-corrected chi connectivity index (χ0v) is 18.7. The zero-order chi connectivity index (χ0) is 23.2. The molecule has 4 N–H and O–H groups in total. The van der Waals surface area contributed by atoms with Crippen LogP contribution in [0.4, 0.5) is 23.3 Å². The molecule has 12 heteroatoms. The third-order valence-corrected chi connectivity index (χ3v) is 5.28. The molecular weight excluding hydrogens is 442 g/mol. The predicted molar refractivity (Wildman–Crippen MR) is 126 cm³/mol. The molecule has 11 nitrogen and oxygen atoms in total. The van der Waals surface area contributed by atoms with Crippen LogP contribution in [-0.2, 0) is 10.5 Å². The number of hydrogen-bond acceptors (Lipinski definition) is 10. The third-order valence-electron chi connectivity index (χ3n) is 4.34. The Bertz CT molecular complexity index is 1280. The number of nitrogens with one attached hydrogen (secondary N) is 2. The first-order valence-electron chi connectivity index (χ1n) is 9.83. The van der Waals surface area contributed by atoms with E-state index in [1.165, 1.54) is 18.7 Å². The van der Waals surface area contributed by atoms with Crippen molar-refractivity contribution in [3.8, 4) is 11.4 Å². The quantitative estimate of drug-likeness (QED) is 0.333. The summed E-state index contributed by atoms with van der Waals surface area (Å²) in [7, 11) is 1.59. The van der Waals surface area contributed by atoms with E-state index in [1.807, 2.05) is 53.1 Å². The number of methoxy groups -OCH3 is 1. The van der Waals surface area contributed by atoms with Crippen molar-refractivity contribution in [2.45, 2.75) is 17.8 Å². The van der Waals surface area contributed by atoms with Crippen LogP contribution < -0.4 is 21.1 Å². The van der Waals surface area contributed by atoms with Gasteiger partial charge in [-0.2, -0.15) is 15.0 Å². The maximum atomic E-state index is 11.4. The Morgan fingerprint density at radius 2 is 2.00 bits per heavy atom. The molecule has 2 aromatic heterocycles. The van der Waals surface area contributed by atoms with E-state index in [0.717, 1.165) is 5.69 Å². The molecule has 2 aromatic carbocycles. The van der Waals surface area contributed by atoms with Gasteiger partial charge < -0.3 is 21.1 Å². The Labute approximate surface area is 193 Å². The van der Waals surface area contributed by atoms with Crippen LogP contribution in [0.15, 0.2) is 60.0 Å². The predicted octanol–water partition coefficient (Wildman–Crippen LogP) is 3.04. The number of para-hydroxylation sites is 2. The zero-order valence-electron chi connectivity index (χ0n) is 17.9. The smallest absolute Gasteiger partial charge is 0.232 e. The highest BCUT2D eigenvalue weighted by Crippen LogP contribution is 2.27. The Hall–Kier alpha value is -4.19. The van der Waals surface area contributed by atoms with E-state index in [4.69, 9.17) is 10.5 Å². The van der Waals surface area contributed by atoms with Crippen molar-refractivity contribution < 1.29 is 9.53 Å². The van der Waals surface area contributed by atoms with Crippen LogP contribution in [0.25, 0.3) is 5.69 Å². The third kappa shape index (κ3) is 5.54. The van der Waals surface area contributed by atoms with Crippen molar-refractivity contribution in [1.29, 1.82) is 0 Å². The molecule has 1 amide bonds. The first kappa shape index (κ1) is 22.0. The van der Waals surface area contributed by atoms with E-state index in [0.29, 0.717) is 39.8 Å². The fraction of sp³-hybridized carbons (Fsp3) is 0.143. The highest BCUT2D eigenvalue weighted by Gasteiger charge is 2.12. The average Bonchev–Trinajstić information content (AvgIpc) is 3.26. The number of aromatic nitrogens is 6. The second kappa shape index (κ2) is 9.96. The van der Waals surface area contributed by atoms with Gasteiger partial charge in [-0.15, -0.1) is 10.2 Å². The van der Waals surface area contributed by atoms with E-state index >= 15 is 0 Å². The second-order valence-electron chi connectivity index (χ2n) is 6.76. The molecule has 0 aliphatic carbocycles. The molecule has 33 heavy (non-hydrogen) atoms. The molecule has 0 unspecified atom stereocenters. The Morgan fingerprint density at radius 1 is 1.15 bits per heavy atom. The van der Waals surface area contributed by atoms with Gasteiger partial charge in [0, 0.05) is 12.6 Å². The van der Waals surface area contributed by atoms with Crippen LogP contribution >= 0.6 is 11.8 Å². The number of hydrogen-bond donors (Lipinski definition) is 3. The van der Waals surface area contributed by atoms with Gasteiger partial charge in [-0.3, -0.25) is 9.36 Å². The van der Waals surface area contributed by atoms with Crippen LogP contribution in [0.2, 0.25) is 0 Å². The van der Waals surface area contributed by atoms with Crippen molar-refractivity contribution in [2.75, 3.05) is 23.5 Å². The number of nitrogen functional groups attached to an aromatic ring is 1. The Morgan fingerprint density at radius 3 is 2.82 bits per heavy atom. The SMILES string of the molecule is COc1ccccc1Nc1nc(N)nc(CSc2nncn2-c2cccc(NC(C)=O)c2)n1. The highest BCUT2D eigenvalue weighted by molar-refractivity contribution is 7.98. The van der Waals surface area contributed by atoms with Gasteiger partial charge in [-0.05, 0) is 30.3 Å². The first-order valence-corrected chi connectivity index (χ1v) is 10.8. The number of nitrogens with two attached hydrogens (primary N) is 1. The maximum absolute atomic E-state index is 11.4. The molecule has 0 atom stereocenters. The second-order valence-corrected chi connectivity index (χ2v) is 7.70. The molecule has 0 radical (unpaired) electrons. The minimum atomic E-state index is -0.143. The summed E-state index contributed by atoms with van der Waals surface area (Å²) >= 11 is 1.39. The van der Waals surface area contributed by atoms with Crippen molar-refractivity contribution in [2.24, 2.45) is 0 Å². The lowest BCUT2D eigenvalue weighted by molar-refractivity contribution is -0.114. The standard InChI is InChI=1S/C21H21N9O2S/c1-13(31)24-14-6-5-7-15(10-14)30-12-23-29-21(30)33-11-18-26-19(22)28-20(27-18)25-16-8-3-4-9-17(16)32-2/h3-10,12H,11H2,1-2H3,(H,24,31)(H3,22,25,26,27,28). The van der Waals surface area contributed by atoms with Crippen LogP contribution in [0.1, 0.15) is 12.7 Å². The van der Waals surface area contributed by atoms with Gasteiger partial charge >= 0.3 is 0 Å². The number of carbonyl (C=O) groups excluding carboxylic acids is 1. The summed E-state index contributed by atoms with van der Waals surface area (Å²) in [6.07, 6.45) is 1.60. The van der Waals surface area contributed by atoms with Gasteiger partial charge in [0.2, 0.25) is 17.8 Å². The summed E-state index contributed by atoms with van der Waals surface area (Å²) in [5, 5.41) is 14.7. The van der Waals surface area contributed by atoms with Gasteiger partial charge in [0.15, 0.2) is 5.16 Å². The number of amides is 1. The number of nitrogens with zero attached hydrogens (tertiary/aromatic N) is 6. The molecule has 0 saturated carbocycles. The lowest BCUT2D eigenvalue weighted by Gasteiger charge is -2.11. The molecule has 0 fully saturated rings. The molecule has 0 bridgehead atoms. The molecule has 0 aliphatic heterocycles. The number of rotatable bonds is 8. The summed E-state index contributed by atoms with van der Waals surface area (Å²) in [4.78, 5) is 24.2. The minimum Gasteiger partial charge on any atom is -0.495 e. The summed E-state index contributed by atoms with van der Waals surface area (Å²) < 4.78 is 7.16. The molecule has 0 aliphatic rings. The highest BCUT2D eigenvalue weighted by atomic mass is 32.2. The van der Waals surface area contributed by atoms with Crippen molar-refractivity contribution in [3.05, 3.63) is 60.7 Å². The van der Waals surface area contributed by atoms with Gasteiger partial charge in [-0.25, -0.2) is 0 Å². The Kier molecular flexibility index (Phi) is 6.64. The van der Waals surface area contributed by atoms with E-state index in [1.54, 1.807) is 13.4 Å². The van der Waals surface area contributed by atoms with Crippen molar-refractivity contribution in [3.63, 3.8) is 0 Å². The van der Waals surface area contributed by atoms with E-state index in [2.05, 4.69) is 35.8 Å². The fourth-order valence-electron chi connectivity index (χ4n) is 2.99. The number of carbonyl (C=O) groups is 1. The molecule has 4 aromatic rings. The molecular formula is C21H21N9O2S. The van der Waals surface area contributed by atoms with Crippen molar-refractivity contribution >= 4 is 40.9 Å².